The highest BCUT2D eigenvalue weighted by Gasteiger charge is 2.22. The number of hydrogen-bond acceptors (Lipinski definition) is 5. The Morgan fingerprint density at radius 3 is 2.78 bits per heavy atom. The van der Waals surface area contributed by atoms with Crippen molar-refractivity contribution in [2.24, 2.45) is 0 Å². The van der Waals surface area contributed by atoms with Gasteiger partial charge in [-0.25, -0.2) is 4.79 Å². The molecule has 118 valence electrons. The Bertz CT molecular complexity index is 912. The molecule has 0 saturated heterocycles. The number of carbonyl (C=O) groups excluding carboxylic acids is 1. The minimum Gasteiger partial charge on any atom is -0.497 e. The Kier molecular flexibility index (Phi) is 4.16. The standard InChI is InChI=1S/C17H15NO4S/c1-3-22-17(20)14-15(13-5-4-8-23-13)18-12-9-10(21-2)6-7-11(12)16(14)19/h4-9H,3H2,1-2H3,(H,18,19). The molecule has 6 heteroatoms. The molecule has 0 aliphatic rings. The summed E-state index contributed by atoms with van der Waals surface area (Å²) in [6.45, 7) is 1.92. The summed E-state index contributed by atoms with van der Waals surface area (Å²) in [6, 6.07) is 8.79. The second-order valence-electron chi connectivity index (χ2n) is 4.81. The summed E-state index contributed by atoms with van der Waals surface area (Å²) in [4.78, 5) is 29.1. The van der Waals surface area contributed by atoms with E-state index < -0.39 is 5.97 Å². The zero-order chi connectivity index (χ0) is 16.4. The van der Waals surface area contributed by atoms with Crippen LogP contribution in [0.5, 0.6) is 5.75 Å². The van der Waals surface area contributed by atoms with E-state index in [-0.39, 0.29) is 17.6 Å². The lowest BCUT2D eigenvalue weighted by atomic mass is 10.1. The molecule has 3 rings (SSSR count). The van der Waals surface area contributed by atoms with Crippen molar-refractivity contribution in [1.29, 1.82) is 0 Å². The first-order chi connectivity index (χ1) is 11.2. The SMILES string of the molecule is CCOC(=O)c1c(-c2cccs2)[nH]c2cc(OC)ccc2c1=O. The quantitative estimate of drug-likeness (QED) is 0.745. The second kappa shape index (κ2) is 6.26. The molecule has 0 aliphatic heterocycles. The van der Waals surface area contributed by atoms with Crippen LogP contribution in [0.2, 0.25) is 0 Å². The van der Waals surface area contributed by atoms with Crippen LogP contribution in [0, 0.1) is 0 Å². The average Bonchev–Trinajstić information content (AvgIpc) is 3.08. The predicted octanol–water partition coefficient (Wildman–Crippen LogP) is 3.44. The normalized spacial score (nSPS) is 10.7. The lowest BCUT2D eigenvalue weighted by Crippen LogP contribution is -2.20. The fourth-order valence-corrected chi connectivity index (χ4v) is 3.13. The number of ether oxygens (including phenoxy) is 2. The first-order valence-corrected chi connectivity index (χ1v) is 7.98. The highest BCUT2D eigenvalue weighted by molar-refractivity contribution is 7.13. The second-order valence-corrected chi connectivity index (χ2v) is 5.76. The van der Waals surface area contributed by atoms with Crippen LogP contribution < -0.4 is 10.2 Å². The molecule has 0 bridgehead atoms. The number of thiophene rings is 1. The summed E-state index contributed by atoms with van der Waals surface area (Å²) in [7, 11) is 1.56. The lowest BCUT2D eigenvalue weighted by Gasteiger charge is -2.10. The Balaban J connectivity index is 2.34. The van der Waals surface area contributed by atoms with E-state index in [4.69, 9.17) is 9.47 Å². The van der Waals surface area contributed by atoms with Crippen molar-refractivity contribution in [2.75, 3.05) is 13.7 Å². The van der Waals surface area contributed by atoms with E-state index in [2.05, 4.69) is 4.98 Å². The molecule has 0 aliphatic carbocycles. The number of aromatic amines is 1. The number of methoxy groups -OCH3 is 1. The molecule has 2 aromatic heterocycles. The maximum atomic E-state index is 12.8. The van der Waals surface area contributed by atoms with Crippen molar-refractivity contribution in [2.45, 2.75) is 6.92 Å². The van der Waals surface area contributed by atoms with Gasteiger partial charge in [-0.3, -0.25) is 4.79 Å². The summed E-state index contributed by atoms with van der Waals surface area (Å²) >= 11 is 1.44. The molecule has 0 amide bonds. The van der Waals surface area contributed by atoms with Gasteiger partial charge in [0.25, 0.3) is 0 Å². The van der Waals surface area contributed by atoms with E-state index in [1.54, 1.807) is 32.2 Å². The summed E-state index contributed by atoms with van der Waals surface area (Å²) in [5.41, 5.74) is 0.783. The molecular formula is C17H15NO4S. The Morgan fingerprint density at radius 2 is 2.13 bits per heavy atom. The predicted molar refractivity (Wildman–Crippen MR) is 90.4 cm³/mol. The minimum absolute atomic E-state index is 0.0342. The first kappa shape index (κ1) is 15.3. The van der Waals surface area contributed by atoms with E-state index in [1.807, 2.05) is 17.5 Å². The van der Waals surface area contributed by atoms with E-state index in [0.29, 0.717) is 22.3 Å². The maximum Gasteiger partial charge on any atom is 0.344 e. The van der Waals surface area contributed by atoms with Crippen LogP contribution in [0.4, 0.5) is 0 Å². The van der Waals surface area contributed by atoms with E-state index in [1.165, 1.54) is 11.3 Å². The van der Waals surface area contributed by atoms with Gasteiger partial charge in [0.2, 0.25) is 5.43 Å². The van der Waals surface area contributed by atoms with Gasteiger partial charge >= 0.3 is 5.97 Å². The number of pyridine rings is 1. The summed E-state index contributed by atoms with van der Waals surface area (Å²) in [5, 5.41) is 2.31. The Labute approximate surface area is 136 Å². The van der Waals surface area contributed by atoms with E-state index in [9.17, 15) is 9.59 Å². The third-order valence-corrected chi connectivity index (χ3v) is 4.34. The molecule has 23 heavy (non-hydrogen) atoms. The summed E-state index contributed by atoms with van der Waals surface area (Å²) < 4.78 is 10.3. The summed E-state index contributed by atoms with van der Waals surface area (Å²) in [6.07, 6.45) is 0. The minimum atomic E-state index is -0.616. The van der Waals surface area contributed by atoms with Gasteiger partial charge in [-0.15, -0.1) is 11.3 Å². The third-order valence-electron chi connectivity index (χ3n) is 3.46. The highest BCUT2D eigenvalue weighted by atomic mass is 32.1. The van der Waals surface area contributed by atoms with Crippen LogP contribution >= 0.6 is 11.3 Å². The van der Waals surface area contributed by atoms with Gasteiger partial charge < -0.3 is 14.5 Å². The fourth-order valence-electron chi connectivity index (χ4n) is 2.40. The zero-order valence-corrected chi connectivity index (χ0v) is 13.5. The fraction of sp³-hybridized carbons (Fsp3) is 0.176. The van der Waals surface area contributed by atoms with Crippen molar-refractivity contribution >= 4 is 28.2 Å². The molecule has 0 spiro atoms. The molecule has 0 atom stereocenters. The van der Waals surface area contributed by atoms with Gasteiger partial charge in [0.1, 0.15) is 11.3 Å². The van der Waals surface area contributed by atoms with E-state index >= 15 is 0 Å². The molecular weight excluding hydrogens is 314 g/mol. The Hall–Kier alpha value is -2.60. The zero-order valence-electron chi connectivity index (χ0n) is 12.7. The van der Waals surface area contributed by atoms with Crippen LogP contribution in [-0.2, 0) is 4.74 Å². The Morgan fingerprint density at radius 1 is 1.30 bits per heavy atom. The van der Waals surface area contributed by atoms with Crippen LogP contribution in [0.3, 0.4) is 0 Å². The van der Waals surface area contributed by atoms with Crippen molar-refractivity contribution in [3.63, 3.8) is 0 Å². The van der Waals surface area contributed by atoms with Crippen LogP contribution in [0.15, 0.2) is 40.5 Å². The van der Waals surface area contributed by atoms with E-state index in [0.717, 1.165) is 4.88 Å². The van der Waals surface area contributed by atoms with Crippen molar-refractivity contribution < 1.29 is 14.3 Å². The number of rotatable bonds is 4. The number of aromatic nitrogens is 1. The van der Waals surface area contributed by atoms with Crippen molar-refractivity contribution in [3.05, 3.63) is 51.5 Å². The molecule has 1 N–H and O–H groups in total. The van der Waals surface area contributed by atoms with Crippen LogP contribution in [0.1, 0.15) is 17.3 Å². The van der Waals surface area contributed by atoms with Gasteiger partial charge in [0, 0.05) is 11.5 Å². The van der Waals surface area contributed by atoms with Gasteiger partial charge in [-0.2, -0.15) is 0 Å². The molecule has 1 aromatic carbocycles. The molecule has 3 aromatic rings. The highest BCUT2D eigenvalue weighted by Crippen LogP contribution is 2.28. The van der Waals surface area contributed by atoms with Gasteiger partial charge in [0.15, 0.2) is 0 Å². The first-order valence-electron chi connectivity index (χ1n) is 7.10. The number of benzene rings is 1. The number of fused-ring (bicyclic) bond motifs is 1. The molecule has 2 heterocycles. The number of esters is 1. The third kappa shape index (κ3) is 2.73. The number of nitrogens with one attached hydrogen (secondary N) is 1. The van der Waals surface area contributed by atoms with Crippen LogP contribution in [-0.4, -0.2) is 24.7 Å². The topological polar surface area (TPSA) is 68.4 Å². The molecule has 0 unspecified atom stereocenters. The van der Waals surface area contributed by atoms with Gasteiger partial charge in [-0.05, 0) is 30.5 Å². The monoisotopic (exact) mass is 329 g/mol. The molecule has 5 nitrogen and oxygen atoms in total. The molecule has 0 radical (unpaired) electrons. The maximum absolute atomic E-state index is 12.8. The van der Waals surface area contributed by atoms with Gasteiger partial charge in [0.05, 0.1) is 29.8 Å². The number of hydrogen-bond donors (Lipinski definition) is 1. The lowest BCUT2D eigenvalue weighted by molar-refractivity contribution is 0.0525. The largest absolute Gasteiger partial charge is 0.497 e. The number of H-pyrrole nitrogens is 1. The molecule has 0 saturated carbocycles. The molecule has 0 fully saturated rings. The smallest absolute Gasteiger partial charge is 0.344 e. The number of carbonyl (C=O) groups is 1. The van der Waals surface area contributed by atoms with Crippen LogP contribution in [0.25, 0.3) is 21.5 Å². The van der Waals surface area contributed by atoms with Crippen molar-refractivity contribution in [1.82, 2.24) is 4.98 Å². The summed E-state index contributed by atoms with van der Waals surface area (Å²) in [5.74, 6) is 0.0176. The average molecular weight is 329 g/mol. The van der Waals surface area contributed by atoms with Gasteiger partial charge in [-0.1, -0.05) is 6.07 Å². The van der Waals surface area contributed by atoms with Crippen molar-refractivity contribution in [3.8, 4) is 16.3 Å².